The summed E-state index contributed by atoms with van der Waals surface area (Å²) >= 11 is 0. The summed E-state index contributed by atoms with van der Waals surface area (Å²) in [4.78, 5) is 13.0. The van der Waals surface area contributed by atoms with E-state index in [1.165, 1.54) is 6.33 Å². The highest BCUT2D eigenvalue weighted by molar-refractivity contribution is 5.67. The molecule has 3 rings (SSSR count). The molecule has 0 aliphatic heterocycles. The van der Waals surface area contributed by atoms with Gasteiger partial charge >= 0.3 is 0 Å². The van der Waals surface area contributed by atoms with E-state index in [-0.39, 0.29) is 5.75 Å². The lowest BCUT2D eigenvalue weighted by molar-refractivity contribution is 0.315. The number of ether oxygens (including phenoxy) is 1. The molecule has 0 unspecified atom stereocenters. The molecule has 0 saturated heterocycles. The van der Waals surface area contributed by atoms with Gasteiger partial charge in [-0.1, -0.05) is 31.2 Å². The van der Waals surface area contributed by atoms with E-state index < -0.39 is 0 Å². The molecule has 0 bridgehead atoms. The number of rotatable bonds is 5. The van der Waals surface area contributed by atoms with Gasteiger partial charge in [-0.2, -0.15) is 0 Å². The molecule has 0 aliphatic carbocycles. The van der Waals surface area contributed by atoms with Crippen LogP contribution in [-0.4, -0.2) is 26.7 Å². The number of phenolic OH excluding ortho intramolecular Hbond substituents is 1. The van der Waals surface area contributed by atoms with Gasteiger partial charge < -0.3 is 9.84 Å². The molecular formula is C19H19N3O2. The van der Waals surface area contributed by atoms with Gasteiger partial charge in [-0.3, -0.25) is 0 Å². The van der Waals surface area contributed by atoms with Crippen molar-refractivity contribution < 1.29 is 9.84 Å². The van der Waals surface area contributed by atoms with E-state index in [0.717, 1.165) is 17.5 Å². The second-order valence-corrected chi connectivity index (χ2v) is 5.48. The number of hydrogen-bond acceptors (Lipinski definition) is 5. The SMILES string of the molecule is CCCOc1ccc(-c2ncnc(-c3ccccc3C)n2)c(O)c1. The van der Waals surface area contributed by atoms with Crippen LogP contribution < -0.4 is 4.74 Å². The first-order valence-corrected chi connectivity index (χ1v) is 7.90. The van der Waals surface area contributed by atoms with Gasteiger partial charge in [0.1, 0.15) is 17.8 Å². The third-order valence-corrected chi connectivity index (χ3v) is 3.64. The number of aromatic nitrogens is 3. The summed E-state index contributed by atoms with van der Waals surface area (Å²) in [7, 11) is 0. The Bertz CT molecular complexity index is 850. The van der Waals surface area contributed by atoms with Gasteiger partial charge in [-0.15, -0.1) is 0 Å². The monoisotopic (exact) mass is 321 g/mol. The fourth-order valence-corrected chi connectivity index (χ4v) is 2.39. The molecule has 0 radical (unpaired) electrons. The van der Waals surface area contributed by atoms with Crippen LogP contribution in [0.4, 0.5) is 0 Å². The summed E-state index contributed by atoms with van der Waals surface area (Å²) in [6.45, 7) is 4.66. The predicted octanol–water partition coefficient (Wildman–Crippen LogP) is 4.01. The molecule has 0 aliphatic rings. The molecule has 0 atom stereocenters. The first-order valence-electron chi connectivity index (χ1n) is 7.90. The van der Waals surface area contributed by atoms with Crippen LogP contribution in [0.3, 0.4) is 0 Å². The molecule has 3 aromatic rings. The lowest BCUT2D eigenvalue weighted by Crippen LogP contribution is -1.98. The Morgan fingerprint density at radius 3 is 2.46 bits per heavy atom. The van der Waals surface area contributed by atoms with Crippen molar-refractivity contribution in [2.75, 3.05) is 6.61 Å². The van der Waals surface area contributed by atoms with Crippen molar-refractivity contribution in [3.63, 3.8) is 0 Å². The van der Waals surface area contributed by atoms with Crippen molar-refractivity contribution >= 4 is 0 Å². The maximum Gasteiger partial charge on any atom is 0.167 e. The molecule has 122 valence electrons. The topological polar surface area (TPSA) is 68.1 Å². The number of nitrogens with zero attached hydrogens (tertiary/aromatic N) is 3. The molecule has 0 fully saturated rings. The molecule has 1 N–H and O–H groups in total. The minimum atomic E-state index is 0.0885. The minimum Gasteiger partial charge on any atom is -0.507 e. The molecule has 2 aromatic carbocycles. The smallest absolute Gasteiger partial charge is 0.167 e. The average Bonchev–Trinajstić information content (AvgIpc) is 2.60. The summed E-state index contributed by atoms with van der Waals surface area (Å²) < 4.78 is 5.52. The maximum atomic E-state index is 10.3. The quantitative estimate of drug-likeness (QED) is 0.769. The van der Waals surface area contributed by atoms with Crippen LogP contribution in [0.25, 0.3) is 22.8 Å². The summed E-state index contributed by atoms with van der Waals surface area (Å²) in [6, 6.07) is 13.1. The second kappa shape index (κ2) is 7.08. The first-order chi connectivity index (χ1) is 11.7. The van der Waals surface area contributed by atoms with Crippen molar-refractivity contribution in [2.45, 2.75) is 20.3 Å². The molecule has 1 heterocycles. The zero-order valence-corrected chi connectivity index (χ0v) is 13.7. The zero-order chi connectivity index (χ0) is 16.9. The Balaban J connectivity index is 1.96. The Labute approximate surface area is 141 Å². The lowest BCUT2D eigenvalue weighted by atomic mass is 10.1. The Kier molecular flexibility index (Phi) is 4.70. The van der Waals surface area contributed by atoms with Gasteiger partial charge in [0.05, 0.1) is 12.2 Å². The Morgan fingerprint density at radius 2 is 1.75 bits per heavy atom. The lowest BCUT2D eigenvalue weighted by Gasteiger charge is -2.09. The standard InChI is InChI=1S/C19H19N3O2/c1-3-10-24-14-8-9-16(17(23)11-14)19-21-12-20-18(22-19)15-7-5-4-6-13(15)2/h4-9,11-12,23H,3,10H2,1-2H3. The second-order valence-electron chi connectivity index (χ2n) is 5.48. The third kappa shape index (κ3) is 3.35. The van der Waals surface area contributed by atoms with Crippen molar-refractivity contribution in [3.05, 3.63) is 54.4 Å². The third-order valence-electron chi connectivity index (χ3n) is 3.64. The van der Waals surface area contributed by atoms with Crippen LogP contribution in [0.5, 0.6) is 11.5 Å². The number of benzene rings is 2. The summed E-state index contributed by atoms with van der Waals surface area (Å²) in [6.07, 6.45) is 2.38. The van der Waals surface area contributed by atoms with E-state index in [1.807, 2.05) is 44.2 Å². The fourth-order valence-electron chi connectivity index (χ4n) is 2.39. The summed E-state index contributed by atoms with van der Waals surface area (Å²) in [5.74, 6) is 1.74. The molecule has 24 heavy (non-hydrogen) atoms. The first kappa shape index (κ1) is 15.9. The van der Waals surface area contributed by atoms with Crippen LogP contribution in [0.2, 0.25) is 0 Å². The van der Waals surface area contributed by atoms with Crippen LogP contribution in [-0.2, 0) is 0 Å². The van der Waals surface area contributed by atoms with Crippen molar-refractivity contribution in [1.82, 2.24) is 15.0 Å². The Hall–Kier alpha value is -2.95. The van der Waals surface area contributed by atoms with Gasteiger partial charge in [0.15, 0.2) is 11.6 Å². The van der Waals surface area contributed by atoms with Crippen LogP contribution in [0.1, 0.15) is 18.9 Å². The van der Waals surface area contributed by atoms with E-state index in [0.29, 0.717) is 29.6 Å². The van der Waals surface area contributed by atoms with Crippen LogP contribution >= 0.6 is 0 Å². The predicted molar refractivity (Wildman–Crippen MR) is 92.9 cm³/mol. The molecule has 5 heteroatoms. The molecule has 1 aromatic heterocycles. The van der Waals surface area contributed by atoms with Crippen LogP contribution in [0.15, 0.2) is 48.8 Å². The zero-order valence-electron chi connectivity index (χ0n) is 13.7. The van der Waals surface area contributed by atoms with Gasteiger partial charge in [-0.25, -0.2) is 15.0 Å². The molecule has 0 spiro atoms. The number of phenols is 1. The number of aromatic hydroxyl groups is 1. The fraction of sp³-hybridized carbons (Fsp3) is 0.211. The molecular weight excluding hydrogens is 302 g/mol. The largest absolute Gasteiger partial charge is 0.507 e. The van der Waals surface area contributed by atoms with E-state index in [1.54, 1.807) is 12.1 Å². The highest BCUT2D eigenvalue weighted by Gasteiger charge is 2.12. The molecule has 0 saturated carbocycles. The van der Waals surface area contributed by atoms with Crippen molar-refractivity contribution in [3.8, 4) is 34.3 Å². The van der Waals surface area contributed by atoms with E-state index >= 15 is 0 Å². The minimum absolute atomic E-state index is 0.0885. The van der Waals surface area contributed by atoms with Crippen molar-refractivity contribution in [2.24, 2.45) is 0 Å². The summed E-state index contributed by atoms with van der Waals surface area (Å²) in [5, 5.41) is 10.3. The van der Waals surface area contributed by atoms with Crippen molar-refractivity contribution in [1.29, 1.82) is 0 Å². The number of hydrogen-bond donors (Lipinski definition) is 1. The maximum absolute atomic E-state index is 10.3. The van der Waals surface area contributed by atoms with Crippen LogP contribution in [0, 0.1) is 6.92 Å². The highest BCUT2D eigenvalue weighted by Crippen LogP contribution is 2.31. The van der Waals surface area contributed by atoms with Gasteiger partial charge in [-0.05, 0) is 31.0 Å². The molecule has 5 nitrogen and oxygen atoms in total. The molecule has 0 amide bonds. The highest BCUT2D eigenvalue weighted by atomic mass is 16.5. The number of aryl methyl sites for hydroxylation is 1. The van der Waals surface area contributed by atoms with E-state index in [2.05, 4.69) is 15.0 Å². The van der Waals surface area contributed by atoms with Gasteiger partial charge in [0.2, 0.25) is 0 Å². The summed E-state index contributed by atoms with van der Waals surface area (Å²) in [5.41, 5.74) is 2.59. The van der Waals surface area contributed by atoms with Gasteiger partial charge in [0.25, 0.3) is 0 Å². The normalized spacial score (nSPS) is 10.6. The van der Waals surface area contributed by atoms with E-state index in [9.17, 15) is 5.11 Å². The Morgan fingerprint density at radius 1 is 1.00 bits per heavy atom. The average molecular weight is 321 g/mol. The van der Waals surface area contributed by atoms with Gasteiger partial charge in [0, 0.05) is 11.6 Å². The van der Waals surface area contributed by atoms with E-state index in [4.69, 9.17) is 4.74 Å².